The summed E-state index contributed by atoms with van der Waals surface area (Å²) in [6.07, 6.45) is 0.695. The molecule has 0 aromatic rings. The van der Waals surface area contributed by atoms with Crippen LogP contribution in [0.4, 0.5) is 0 Å². The van der Waals surface area contributed by atoms with Gasteiger partial charge in [-0.1, -0.05) is 11.8 Å². The second-order valence-corrected chi connectivity index (χ2v) is 3.08. The summed E-state index contributed by atoms with van der Waals surface area (Å²) >= 11 is 1.28. The molecule has 0 radical (unpaired) electrons. The number of nitrogens with zero attached hydrogens (tertiary/aromatic N) is 1. The summed E-state index contributed by atoms with van der Waals surface area (Å²) in [4.78, 5) is 14.2. The number of rotatable bonds is 3. The van der Waals surface area contributed by atoms with Gasteiger partial charge in [0.2, 0.25) is 0 Å². The molecule has 2 N–H and O–H groups in total. The van der Waals surface area contributed by atoms with Crippen LogP contribution < -0.4 is 5.73 Å². The maximum Gasteiger partial charge on any atom is 0.185 e. The minimum Gasteiger partial charge on any atom is -0.387 e. The number of carbonyl (C=O) groups excluding carboxylic acids is 1. The van der Waals surface area contributed by atoms with Crippen molar-refractivity contribution in [1.29, 1.82) is 0 Å². The van der Waals surface area contributed by atoms with Gasteiger partial charge in [-0.15, -0.1) is 0 Å². The highest BCUT2D eigenvalue weighted by molar-refractivity contribution is 8.13. The van der Waals surface area contributed by atoms with E-state index in [0.29, 0.717) is 12.3 Å². The lowest BCUT2D eigenvalue weighted by Crippen LogP contribution is -2.12. The maximum atomic E-state index is 10.4. The summed E-state index contributed by atoms with van der Waals surface area (Å²) in [5.41, 5.74) is 5.38. The Morgan fingerprint density at radius 1 is 1.70 bits per heavy atom. The molecule has 0 saturated heterocycles. The molecular weight excluding hydrogens is 148 g/mol. The first-order chi connectivity index (χ1) is 4.66. The van der Waals surface area contributed by atoms with Crippen molar-refractivity contribution in [2.75, 3.05) is 12.8 Å². The molecule has 4 heteroatoms. The molecule has 0 aromatic heterocycles. The molecule has 0 amide bonds. The number of nitrogens with two attached hydrogens (primary N) is 1. The quantitative estimate of drug-likeness (QED) is 0.487. The van der Waals surface area contributed by atoms with E-state index in [1.807, 2.05) is 0 Å². The molecule has 0 aliphatic rings. The molecule has 0 fully saturated rings. The topological polar surface area (TPSA) is 55.4 Å². The SMILES string of the molecule is CN=C(N)CCSC(C)=O. The van der Waals surface area contributed by atoms with Crippen molar-refractivity contribution in [3.63, 3.8) is 0 Å². The van der Waals surface area contributed by atoms with Gasteiger partial charge in [0.05, 0.1) is 5.84 Å². The van der Waals surface area contributed by atoms with Crippen LogP contribution in [0.3, 0.4) is 0 Å². The lowest BCUT2D eigenvalue weighted by molar-refractivity contribution is -0.109. The molecule has 0 rings (SSSR count). The highest BCUT2D eigenvalue weighted by Gasteiger charge is 1.94. The Morgan fingerprint density at radius 2 is 2.30 bits per heavy atom. The first kappa shape index (κ1) is 9.49. The number of aliphatic imine (C=N–C) groups is 1. The Labute approximate surface area is 65.1 Å². The average molecular weight is 160 g/mol. The van der Waals surface area contributed by atoms with E-state index in [-0.39, 0.29) is 5.12 Å². The Morgan fingerprint density at radius 3 is 2.70 bits per heavy atom. The van der Waals surface area contributed by atoms with Crippen molar-refractivity contribution < 1.29 is 4.79 Å². The van der Waals surface area contributed by atoms with E-state index < -0.39 is 0 Å². The summed E-state index contributed by atoms with van der Waals surface area (Å²) in [5, 5.41) is 0.129. The Bertz CT molecular complexity index is 145. The number of hydrogen-bond acceptors (Lipinski definition) is 3. The predicted molar refractivity (Wildman–Crippen MR) is 45.3 cm³/mol. The molecule has 0 heterocycles. The molecule has 0 aliphatic carbocycles. The zero-order chi connectivity index (χ0) is 7.98. The van der Waals surface area contributed by atoms with Gasteiger partial charge in [0.1, 0.15) is 0 Å². The van der Waals surface area contributed by atoms with Gasteiger partial charge in [-0.05, 0) is 0 Å². The largest absolute Gasteiger partial charge is 0.387 e. The number of carbonyl (C=O) groups is 1. The summed E-state index contributed by atoms with van der Waals surface area (Å²) in [7, 11) is 1.65. The third-order valence-corrected chi connectivity index (χ3v) is 1.77. The average Bonchev–Trinajstić information content (AvgIpc) is 1.87. The summed E-state index contributed by atoms with van der Waals surface area (Å²) < 4.78 is 0. The molecule has 0 aromatic carbocycles. The monoisotopic (exact) mass is 160 g/mol. The van der Waals surface area contributed by atoms with Gasteiger partial charge in [0.15, 0.2) is 5.12 Å². The van der Waals surface area contributed by atoms with Crippen molar-refractivity contribution in [3.8, 4) is 0 Å². The lowest BCUT2D eigenvalue weighted by atomic mass is 10.4. The fraction of sp³-hybridized carbons (Fsp3) is 0.667. The van der Waals surface area contributed by atoms with Gasteiger partial charge in [-0.2, -0.15) is 0 Å². The smallest absolute Gasteiger partial charge is 0.185 e. The van der Waals surface area contributed by atoms with Gasteiger partial charge in [0, 0.05) is 26.1 Å². The number of amidine groups is 1. The molecule has 0 spiro atoms. The fourth-order valence-electron chi connectivity index (χ4n) is 0.411. The van der Waals surface area contributed by atoms with Crippen molar-refractivity contribution in [3.05, 3.63) is 0 Å². The van der Waals surface area contributed by atoms with Crippen molar-refractivity contribution >= 4 is 22.7 Å². The third kappa shape index (κ3) is 5.62. The lowest BCUT2D eigenvalue weighted by Gasteiger charge is -1.95. The summed E-state index contributed by atoms with van der Waals surface area (Å²) in [5.74, 6) is 1.34. The van der Waals surface area contributed by atoms with E-state index in [4.69, 9.17) is 5.73 Å². The minimum atomic E-state index is 0.129. The molecule has 0 atom stereocenters. The van der Waals surface area contributed by atoms with Gasteiger partial charge in [0.25, 0.3) is 0 Å². The van der Waals surface area contributed by atoms with E-state index >= 15 is 0 Å². The van der Waals surface area contributed by atoms with Gasteiger partial charge in [-0.25, -0.2) is 0 Å². The van der Waals surface area contributed by atoms with Crippen molar-refractivity contribution in [1.82, 2.24) is 0 Å². The van der Waals surface area contributed by atoms with Crippen molar-refractivity contribution in [2.24, 2.45) is 10.7 Å². The van der Waals surface area contributed by atoms with Crippen LogP contribution in [-0.4, -0.2) is 23.8 Å². The summed E-state index contributed by atoms with van der Waals surface area (Å²) in [6.45, 7) is 1.55. The zero-order valence-electron chi connectivity index (χ0n) is 6.26. The standard InChI is InChI=1S/C6H12N2OS/c1-5(9)10-4-3-6(7)8-2/h3-4H2,1-2H3,(H2,7,8). The second kappa shape index (κ2) is 5.29. The van der Waals surface area contributed by atoms with Crippen molar-refractivity contribution in [2.45, 2.75) is 13.3 Å². The molecule has 0 aliphatic heterocycles. The van der Waals surface area contributed by atoms with Crippen LogP contribution in [0.2, 0.25) is 0 Å². The molecule has 0 saturated carbocycles. The van der Waals surface area contributed by atoms with E-state index in [2.05, 4.69) is 4.99 Å². The van der Waals surface area contributed by atoms with E-state index in [0.717, 1.165) is 5.75 Å². The van der Waals surface area contributed by atoms with Crippen LogP contribution in [0.5, 0.6) is 0 Å². The summed E-state index contributed by atoms with van der Waals surface area (Å²) in [6, 6.07) is 0. The first-order valence-electron chi connectivity index (χ1n) is 3.01. The van der Waals surface area contributed by atoms with Crippen LogP contribution in [-0.2, 0) is 4.79 Å². The highest BCUT2D eigenvalue weighted by Crippen LogP contribution is 2.02. The number of thioether (sulfide) groups is 1. The van der Waals surface area contributed by atoms with Crippen LogP contribution in [0, 0.1) is 0 Å². The fourth-order valence-corrected chi connectivity index (χ4v) is 1.01. The molecular formula is C6H12N2OS. The normalized spacial score (nSPS) is 11.6. The molecule has 10 heavy (non-hydrogen) atoms. The molecule has 3 nitrogen and oxygen atoms in total. The zero-order valence-corrected chi connectivity index (χ0v) is 7.07. The Hall–Kier alpha value is -0.510. The Kier molecular flexibility index (Phi) is 5.02. The van der Waals surface area contributed by atoms with E-state index in [9.17, 15) is 4.79 Å². The molecule has 58 valence electrons. The van der Waals surface area contributed by atoms with Gasteiger partial charge >= 0.3 is 0 Å². The maximum absolute atomic E-state index is 10.4. The van der Waals surface area contributed by atoms with E-state index in [1.54, 1.807) is 14.0 Å². The van der Waals surface area contributed by atoms with Gasteiger partial charge in [-0.3, -0.25) is 9.79 Å². The second-order valence-electron chi connectivity index (χ2n) is 1.80. The van der Waals surface area contributed by atoms with Crippen LogP contribution >= 0.6 is 11.8 Å². The van der Waals surface area contributed by atoms with Crippen LogP contribution in [0.25, 0.3) is 0 Å². The highest BCUT2D eigenvalue weighted by atomic mass is 32.2. The molecule has 0 bridgehead atoms. The third-order valence-electron chi connectivity index (χ3n) is 0.951. The number of hydrogen-bond donors (Lipinski definition) is 1. The van der Waals surface area contributed by atoms with Crippen LogP contribution in [0.15, 0.2) is 4.99 Å². The minimum absolute atomic E-state index is 0.129. The van der Waals surface area contributed by atoms with Gasteiger partial charge < -0.3 is 5.73 Å². The van der Waals surface area contributed by atoms with E-state index in [1.165, 1.54) is 11.8 Å². The molecule has 0 unspecified atom stereocenters. The van der Waals surface area contributed by atoms with Crippen LogP contribution in [0.1, 0.15) is 13.3 Å². The predicted octanol–water partition coefficient (Wildman–Crippen LogP) is 0.643. The first-order valence-corrected chi connectivity index (χ1v) is 4.00. The Balaban J connectivity index is 3.29.